The highest BCUT2D eigenvalue weighted by atomic mass is 14.7. The molecule has 0 amide bonds. The molecule has 18 heavy (non-hydrogen) atoms. The van der Waals surface area contributed by atoms with E-state index in [0.29, 0.717) is 5.92 Å². The summed E-state index contributed by atoms with van der Waals surface area (Å²) in [5.41, 5.74) is 5.08. The average Bonchev–Trinajstić information content (AvgIpc) is 2.36. The number of hydrogen-bond acceptors (Lipinski definition) is 1. The number of aromatic nitrogens is 1. The second kappa shape index (κ2) is 5.81. The SMILES string of the molecule is Cc1cc(CCC(C)c2ccccc2)cc(C)n1. The van der Waals surface area contributed by atoms with Crippen LogP contribution in [0.5, 0.6) is 0 Å². The summed E-state index contributed by atoms with van der Waals surface area (Å²) in [6, 6.07) is 15.1. The first-order valence-corrected chi connectivity index (χ1v) is 6.64. The minimum absolute atomic E-state index is 0.611. The van der Waals surface area contributed by atoms with Crippen LogP contribution in [0.25, 0.3) is 0 Å². The molecule has 0 aliphatic rings. The lowest BCUT2D eigenvalue weighted by Crippen LogP contribution is -1.98. The Hall–Kier alpha value is -1.63. The first-order chi connectivity index (χ1) is 8.65. The van der Waals surface area contributed by atoms with Crippen LogP contribution in [0.3, 0.4) is 0 Å². The molecule has 2 aromatic rings. The van der Waals surface area contributed by atoms with E-state index in [1.165, 1.54) is 17.5 Å². The largest absolute Gasteiger partial charge is 0.258 e. The molecule has 1 heteroatoms. The third-order valence-corrected chi connectivity index (χ3v) is 3.38. The summed E-state index contributed by atoms with van der Waals surface area (Å²) in [4.78, 5) is 4.42. The van der Waals surface area contributed by atoms with Gasteiger partial charge in [0.2, 0.25) is 0 Å². The minimum atomic E-state index is 0.611. The van der Waals surface area contributed by atoms with Crippen LogP contribution >= 0.6 is 0 Å². The molecule has 2 rings (SSSR count). The van der Waals surface area contributed by atoms with Gasteiger partial charge >= 0.3 is 0 Å². The van der Waals surface area contributed by atoms with Crippen molar-refractivity contribution in [3.63, 3.8) is 0 Å². The lowest BCUT2D eigenvalue weighted by atomic mass is 9.94. The third-order valence-electron chi connectivity index (χ3n) is 3.38. The first kappa shape index (κ1) is 12.8. The predicted molar refractivity (Wildman–Crippen MR) is 76.9 cm³/mol. The van der Waals surface area contributed by atoms with Crippen LogP contribution in [-0.2, 0) is 6.42 Å². The summed E-state index contributed by atoms with van der Waals surface area (Å²) in [5.74, 6) is 0.611. The van der Waals surface area contributed by atoms with Gasteiger partial charge in [0.1, 0.15) is 0 Å². The number of hydrogen-bond donors (Lipinski definition) is 0. The Labute approximate surface area is 110 Å². The molecule has 94 valence electrons. The van der Waals surface area contributed by atoms with E-state index < -0.39 is 0 Å². The van der Waals surface area contributed by atoms with Crippen molar-refractivity contribution < 1.29 is 0 Å². The van der Waals surface area contributed by atoms with Crippen molar-refractivity contribution in [3.8, 4) is 0 Å². The standard InChI is InChI=1S/C17H21N/c1-13(17-7-5-4-6-8-17)9-10-16-11-14(2)18-15(3)12-16/h4-8,11-13H,9-10H2,1-3H3. The van der Waals surface area contributed by atoms with Crippen LogP contribution in [0.15, 0.2) is 42.5 Å². The second-order valence-electron chi connectivity index (χ2n) is 5.11. The van der Waals surface area contributed by atoms with Crippen molar-refractivity contribution in [2.45, 2.75) is 39.5 Å². The zero-order valence-electron chi connectivity index (χ0n) is 11.5. The van der Waals surface area contributed by atoms with Gasteiger partial charge in [-0.2, -0.15) is 0 Å². The summed E-state index contributed by atoms with van der Waals surface area (Å²) in [6.07, 6.45) is 2.31. The fraction of sp³-hybridized carbons (Fsp3) is 0.353. The summed E-state index contributed by atoms with van der Waals surface area (Å²) in [5, 5.41) is 0. The van der Waals surface area contributed by atoms with Gasteiger partial charge in [-0.1, -0.05) is 37.3 Å². The molecule has 1 heterocycles. The topological polar surface area (TPSA) is 12.9 Å². The molecule has 0 bridgehead atoms. The van der Waals surface area contributed by atoms with Crippen LogP contribution in [0, 0.1) is 13.8 Å². The van der Waals surface area contributed by atoms with E-state index in [4.69, 9.17) is 0 Å². The van der Waals surface area contributed by atoms with Crippen LogP contribution in [0.4, 0.5) is 0 Å². The maximum absolute atomic E-state index is 4.42. The Morgan fingerprint density at radius 3 is 2.22 bits per heavy atom. The average molecular weight is 239 g/mol. The summed E-state index contributed by atoms with van der Waals surface area (Å²) in [6.45, 7) is 6.44. The van der Waals surface area contributed by atoms with E-state index >= 15 is 0 Å². The molecule has 0 N–H and O–H groups in total. The Kier molecular flexibility index (Phi) is 4.14. The molecule has 1 unspecified atom stereocenters. The molecule has 0 fully saturated rings. The molecule has 0 aliphatic carbocycles. The highest BCUT2D eigenvalue weighted by Crippen LogP contribution is 2.21. The number of aryl methyl sites for hydroxylation is 3. The second-order valence-corrected chi connectivity index (χ2v) is 5.11. The van der Waals surface area contributed by atoms with E-state index in [0.717, 1.165) is 17.8 Å². The van der Waals surface area contributed by atoms with Crippen LogP contribution < -0.4 is 0 Å². The van der Waals surface area contributed by atoms with Crippen LogP contribution in [-0.4, -0.2) is 4.98 Å². The van der Waals surface area contributed by atoms with Gasteiger partial charge in [-0.25, -0.2) is 0 Å². The maximum atomic E-state index is 4.42. The fourth-order valence-electron chi connectivity index (χ4n) is 2.40. The van der Waals surface area contributed by atoms with E-state index in [9.17, 15) is 0 Å². The van der Waals surface area contributed by atoms with Crippen molar-refractivity contribution in [2.75, 3.05) is 0 Å². The summed E-state index contributed by atoms with van der Waals surface area (Å²) >= 11 is 0. The molecule has 1 atom stereocenters. The lowest BCUT2D eigenvalue weighted by Gasteiger charge is -2.12. The molecular weight excluding hydrogens is 218 g/mol. The van der Waals surface area contributed by atoms with Gasteiger partial charge in [0.25, 0.3) is 0 Å². The zero-order valence-corrected chi connectivity index (χ0v) is 11.5. The van der Waals surface area contributed by atoms with Gasteiger partial charge in [-0.05, 0) is 55.9 Å². The van der Waals surface area contributed by atoms with Gasteiger partial charge in [0, 0.05) is 11.4 Å². The van der Waals surface area contributed by atoms with Crippen molar-refractivity contribution in [2.24, 2.45) is 0 Å². The number of rotatable bonds is 4. The number of nitrogens with zero attached hydrogens (tertiary/aromatic N) is 1. The molecule has 1 aromatic heterocycles. The quantitative estimate of drug-likeness (QED) is 0.769. The third kappa shape index (κ3) is 3.43. The molecular formula is C17H21N. The van der Waals surface area contributed by atoms with Gasteiger partial charge in [0.05, 0.1) is 0 Å². The molecule has 0 saturated carbocycles. The molecule has 1 nitrogen and oxygen atoms in total. The van der Waals surface area contributed by atoms with Crippen molar-refractivity contribution >= 4 is 0 Å². The van der Waals surface area contributed by atoms with E-state index in [1.54, 1.807) is 0 Å². The highest BCUT2D eigenvalue weighted by molar-refractivity contribution is 5.22. The maximum Gasteiger partial charge on any atom is 0.0378 e. The predicted octanol–water partition coefficient (Wildman–Crippen LogP) is 4.43. The Bertz CT molecular complexity index is 482. The fourth-order valence-corrected chi connectivity index (χ4v) is 2.40. The smallest absolute Gasteiger partial charge is 0.0378 e. The highest BCUT2D eigenvalue weighted by Gasteiger charge is 2.05. The minimum Gasteiger partial charge on any atom is -0.258 e. The zero-order chi connectivity index (χ0) is 13.0. The van der Waals surface area contributed by atoms with Crippen molar-refractivity contribution in [3.05, 3.63) is 65.0 Å². The monoisotopic (exact) mass is 239 g/mol. The first-order valence-electron chi connectivity index (χ1n) is 6.64. The molecule has 1 aromatic carbocycles. The lowest BCUT2D eigenvalue weighted by molar-refractivity contribution is 0.678. The summed E-state index contributed by atoms with van der Waals surface area (Å²) < 4.78 is 0. The molecule has 0 spiro atoms. The van der Waals surface area contributed by atoms with Gasteiger partial charge in [-0.3, -0.25) is 4.98 Å². The van der Waals surface area contributed by atoms with Gasteiger partial charge in [-0.15, -0.1) is 0 Å². The van der Waals surface area contributed by atoms with E-state index in [-0.39, 0.29) is 0 Å². The number of benzene rings is 1. The Morgan fingerprint density at radius 1 is 1.00 bits per heavy atom. The Balaban J connectivity index is 1.99. The Morgan fingerprint density at radius 2 is 1.61 bits per heavy atom. The van der Waals surface area contributed by atoms with E-state index in [2.05, 4.69) is 68.2 Å². The van der Waals surface area contributed by atoms with Crippen LogP contribution in [0.1, 0.15) is 41.8 Å². The molecule has 0 radical (unpaired) electrons. The van der Waals surface area contributed by atoms with Gasteiger partial charge in [0.15, 0.2) is 0 Å². The van der Waals surface area contributed by atoms with E-state index in [1.807, 2.05) is 0 Å². The molecule has 0 aliphatic heterocycles. The van der Waals surface area contributed by atoms with Crippen LogP contribution in [0.2, 0.25) is 0 Å². The number of pyridine rings is 1. The van der Waals surface area contributed by atoms with Gasteiger partial charge < -0.3 is 0 Å². The summed E-state index contributed by atoms with van der Waals surface area (Å²) in [7, 11) is 0. The van der Waals surface area contributed by atoms with Crippen molar-refractivity contribution in [1.29, 1.82) is 0 Å². The van der Waals surface area contributed by atoms with Crippen molar-refractivity contribution in [1.82, 2.24) is 4.98 Å². The molecule has 0 saturated heterocycles. The normalized spacial score (nSPS) is 12.4.